The average molecular weight is 485 g/mol. The average Bonchev–Trinajstić information content (AvgIpc) is 2.80. The van der Waals surface area contributed by atoms with Crippen molar-refractivity contribution in [2.75, 3.05) is 20.2 Å². The molecular weight excluding hydrogens is 459 g/mol. The highest BCUT2D eigenvalue weighted by molar-refractivity contribution is 6.31. The number of nitrogens with one attached hydrogen (secondary N) is 1. The first-order chi connectivity index (χ1) is 15.9. The summed E-state index contributed by atoms with van der Waals surface area (Å²) in [6, 6.07) is 22.6. The molecule has 4 rings (SSSR count). The predicted octanol–water partition coefficient (Wildman–Crippen LogP) is 6.26. The largest absolute Gasteiger partial charge is 0.497 e. The number of urea groups is 1. The van der Waals surface area contributed by atoms with Gasteiger partial charge in [-0.1, -0.05) is 65.7 Å². The minimum absolute atomic E-state index is 0.0974. The topological polar surface area (TPSA) is 50.8 Å². The van der Waals surface area contributed by atoms with E-state index in [1.54, 1.807) is 12.0 Å². The number of carbonyl (C=O) groups is 1. The van der Waals surface area contributed by atoms with Crippen molar-refractivity contribution < 1.29 is 14.3 Å². The fraction of sp³-hybridized carbons (Fsp3) is 0.269. The summed E-state index contributed by atoms with van der Waals surface area (Å²) in [6.07, 6.45) is -0.443. The summed E-state index contributed by atoms with van der Waals surface area (Å²) < 4.78 is 11.7. The van der Waals surface area contributed by atoms with Crippen LogP contribution < -0.4 is 10.1 Å². The van der Waals surface area contributed by atoms with Gasteiger partial charge in [0.05, 0.1) is 32.3 Å². The maximum Gasteiger partial charge on any atom is 0.318 e. The van der Waals surface area contributed by atoms with E-state index in [-0.39, 0.29) is 24.3 Å². The molecule has 172 valence electrons. The second-order valence-corrected chi connectivity index (χ2v) is 8.91. The molecule has 0 bridgehead atoms. The van der Waals surface area contributed by atoms with E-state index in [9.17, 15) is 4.79 Å². The smallest absolute Gasteiger partial charge is 0.318 e. The van der Waals surface area contributed by atoms with Crippen molar-refractivity contribution in [2.24, 2.45) is 0 Å². The zero-order valence-corrected chi connectivity index (χ0v) is 20.0. The molecule has 1 aliphatic rings. The molecule has 3 aromatic rings. The number of nitrogens with zero attached hydrogens (tertiary/aromatic N) is 1. The lowest BCUT2D eigenvalue weighted by Gasteiger charge is -2.41. The maximum absolute atomic E-state index is 12.7. The van der Waals surface area contributed by atoms with Gasteiger partial charge < -0.3 is 19.7 Å². The van der Waals surface area contributed by atoms with E-state index in [4.69, 9.17) is 32.7 Å². The summed E-state index contributed by atoms with van der Waals surface area (Å²) in [6.45, 7) is 2.96. The van der Waals surface area contributed by atoms with E-state index in [0.29, 0.717) is 23.1 Å². The highest BCUT2D eigenvalue weighted by atomic mass is 35.5. The molecule has 1 fully saturated rings. The first-order valence-electron chi connectivity index (χ1n) is 10.8. The summed E-state index contributed by atoms with van der Waals surface area (Å²) in [5.41, 5.74) is 2.83. The van der Waals surface area contributed by atoms with Crippen LogP contribution >= 0.6 is 23.2 Å². The molecule has 1 heterocycles. The van der Waals surface area contributed by atoms with Crippen molar-refractivity contribution >= 4 is 29.2 Å². The Morgan fingerprint density at radius 3 is 2.42 bits per heavy atom. The van der Waals surface area contributed by atoms with Crippen LogP contribution in [0.2, 0.25) is 10.0 Å². The van der Waals surface area contributed by atoms with Crippen LogP contribution in [0.1, 0.15) is 35.8 Å². The molecule has 1 N–H and O–H groups in total. The van der Waals surface area contributed by atoms with Crippen molar-refractivity contribution in [1.29, 1.82) is 0 Å². The van der Waals surface area contributed by atoms with Gasteiger partial charge in [0.15, 0.2) is 0 Å². The predicted molar refractivity (Wildman–Crippen MR) is 131 cm³/mol. The molecule has 0 saturated carbocycles. The Morgan fingerprint density at radius 2 is 1.73 bits per heavy atom. The molecule has 0 aliphatic carbocycles. The van der Waals surface area contributed by atoms with Gasteiger partial charge in [0.1, 0.15) is 11.9 Å². The summed E-state index contributed by atoms with van der Waals surface area (Å²) in [4.78, 5) is 14.5. The Morgan fingerprint density at radius 1 is 1.00 bits per heavy atom. The number of hydrogen-bond acceptors (Lipinski definition) is 3. The van der Waals surface area contributed by atoms with Crippen LogP contribution in [0.25, 0.3) is 0 Å². The molecule has 1 aliphatic heterocycles. The van der Waals surface area contributed by atoms with Gasteiger partial charge in [0.2, 0.25) is 0 Å². The SMILES string of the molecule is COc1cccc(C(C)NC(=O)N2CC(O[C@@H](c3ccc(Cl)cc3)c3ccccc3Cl)C2)c1. The number of methoxy groups -OCH3 is 1. The minimum atomic E-state index is -0.345. The van der Waals surface area contributed by atoms with Gasteiger partial charge in [-0.3, -0.25) is 0 Å². The second-order valence-electron chi connectivity index (χ2n) is 8.06. The number of halogens is 2. The Hall–Kier alpha value is -2.73. The van der Waals surface area contributed by atoms with Crippen molar-refractivity contribution in [3.63, 3.8) is 0 Å². The number of ether oxygens (including phenoxy) is 2. The lowest BCUT2D eigenvalue weighted by Crippen LogP contribution is -2.58. The number of likely N-dealkylation sites (tertiary alicyclic amines) is 1. The van der Waals surface area contributed by atoms with E-state index in [2.05, 4.69) is 5.32 Å². The van der Waals surface area contributed by atoms with E-state index in [0.717, 1.165) is 22.4 Å². The van der Waals surface area contributed by atoms with Crippen LogP contribution in [0.3, 0.4) is 0 Å². The minimum Gasteiger partial charge on any atom is -0.497 e. The van der Waals surface area contributed by atoms with Gasteiger partial charge in [-0.2, -0.15) is 0 Å². The van der Waals surface area contributed by atoms with Gasteiger partial charge in [-0.25, -0.2) is 4.79 Å². The third-order valence-electron chi connectivity index (χ3n) is 5.76. The number of hydrogen-bond donors (Lipinski definition) is 1. The van der Waals surface area contributed by atoms with Crippen molar-refractivity contribution in [1.82, 2.24) is 10.2 Å². The molecule has 0 radical (unpaired) electrons. The summed E-state index contributed by atoms with van der Waals surface area (Å²) >= 11 is 12.5. The molecule has 1 unspecified atom stereocenters. The molecule has 0 aromatic heterocycles. The lowest BCUT2D eigenvalue weighted by molar-refractivity contribution is -0.0647. The monoisotopic (exact) mass is 484 g/mol. The van der Waals surface area contributed by atoms with Gasteiger partial charge in [0.25, 0.3) is 0 Å². The van der Waals surface area contributed by atoms with Crippen LogP contribution in [-0.4, -0.2) is 37.2 Å². The zero-order chi connectivity index (χ0) is 23.4. The summed E-state index contributed by atoms with van der Waals surface area (Å²) in [5.74, 6) is 0.763. The normalized spacial score (nSPS) is 15.5. The zero-order valence-electron chi connectivity index (χ0n) is 18.5. The Bertz CT molecular complexity index is 1100. The molecule has 2 atom stereocenters. The number of amides is 2. The molecule has 5 nitrogen and oxygen atoms in total. The second kappa shape index (κ2) is 10.5. The van der Waals surface area contributed by atoms with Gasteiger partial charge >= 0.3 is 6.03 Å². The molecule has 3 aromatic carbocycles. The molecule has 7 heteroatoms. The fourth-order valence-corrected chi connectivity index (χ4v) is 4.17. The van der Waals surface area contributed by atoms with E-state index < -0.39 is 0 Å². The quantitative estimate of drug-likeness (QED) is 0.430. The fourth-order valence-electron chi connectivity index (χ4n) is 3.81. The third-order valence-corrected chi connectivity index (χ3v) is 6.35. The van der Waals surface area contributed by atoms with Gasteiger partial charge in [-0.15, -0.1) is 0 Å². The first kappa shape index (κ1) is 23.4. The van der Waals surface area contributed by atoms with Crippen molar-refractivity contribution in [3.05, 3.63) is 99.5 Å². The van der Waals surface area contributed by atoms with Crippen LogP contribution in [0.5, 0.6) is 5.75 Å². The van der Waals surface area contributed by atoms with Gasteiger partial charge in [0, 0.05) is 15.6 Å². The first-order valence-corrected chi connectivity index (χ1v) is 11.5. The standard InChI is InChI=1S/C26H26Cl2N2O3/c1-17(19-6-5-7-21(14-19)32-2)29-26(31)30-15-22(16-30)33-25(18-10-12-20(27)13-11-18)23-8-3-4-9-24(23)28/h3-14,17,22,25H,15-16H2,1-2H3,(H,29,31)/t17?,25-/m0/s1. The molecule has 33 heavy (non-hydrogen) atoms. The third kappa shape index (κ3) is 5.61. The van der Waals surface area contributed by atoms with E-state index >= 15 is 0 Å². The highest BCUT2D eigenvalue weighted by Crippen LogP contribution is 2.34. The van der Waals surface area contributed by atoms with Crippen LogP contribution in [0.4, 0.5) is 4.79 Å². The molecule has 1 saturated heterocycles. The highest BCUT2D eigenvalue weighted by Gasteiger charge is 2.35. The molecular formula is C26H26Cl2N2O3. The van der Waals surface area contributed by atoms with Crippen LogP contribution in [0, 0.1) is 0 Å². The Balaban J connectivity index is 1.39. The Labute approximate surface area is 204 Å². The van der Waals surface area contributed by atoms with Crippen molar-refractivity contribution in [2.45, 2.75) is 25.2 Å². The van der Waals surface area contributed by atoms with E-state index in [1.807, 2.05) is 79.7 Å². The van der Waals surface area contributed by atoms with Crippen LogP contribution in [-0.2, 0) is 4.74 Å². The van der Waals surface area contributed by atoms with E-state index in [1.165, 1.54) is 0 Å². The van der Waals surface area contributed by atoms with Crippen molar-refractivity contribution in [3.8, 4) is 5.75 Å². The molecule has 2 amide bonds. The molecule has 0 spiro atoms. The van der Waals surface area contributed by atoms with Gasteiger partial charge in [-0.05, 0) is 48.4 Å². The van der Waals surface area contributed by atoms with Crippen LogP contribution in [0.15, 0.2) is 72.8 Å². The number of benzene rings is 3. The summed E-state index contributed by atoms with van der Waals surface area (Å²) in [7, 11) is 1.63. The Kier molecular flexibility index (Phi) is 7.43. The number of carbonyl (C=O) groups excluding carboxylic acids is 1. The maximum atomic E-state index is 12.7. The number of rotatable bonds is 7. The summed E-state index contributed by atoms with van der Waals surface area (Å²) in [5, 5.41) is 4.34. The lowest BCUT2D eigenvalue weighted by atomic mass is 10.0.